The Morgan fingerprint density at radius 1 is 1.35 bits per heavy atom. The van der Waals surface area contributed by atoms with E-state index in [1.807, 2.05) is 0 Å². The fourth-order valence-corrected chi connectivity index (χ4v) is 2.22. The zero-order valence-electron chi connectivity index (χ0n) is 10.8. The van der Waals surface area contributed by atoms with Gasteiger partial charge in [-0.1, -0.05) is 17.7 Å². The van der Waals surface area contributed by atoms with E-state index in [9.17, 15) is 0 Å². The molecule has 0 bridgehead atoms. The molecule has 0 amide bonds. The third-order valence-corrected chi connectivity index (χ3v) is 3.37. The van der Waals surface area contributed by atoms with Crippen molar-refractivity contribution in [3.05, 3.63) is 29.8 Å². The number of benzene rings is 1. The van der Waals surface area contributed by atoms with Crippen LogP contribution < -0.4 is 5.32 Å². The number of nitrogens with one attached hydrogen (secondary N) is 1. The molecular formula is C14H22N2O. The third kappa shape index (κ3) is 3.72. The first kappa shape index (κ1) is 12.4. The van der Waals surface area contributed by atoms with Crippen LogP contribution in [0.15, 0.2) is 24.3 Å². The van der Waals surface area contributed by atoms with E-state index in [1.165, 1.54) is 17.7 Å². The standard InChI is InChI=1S/C14H22N2O/c1-12-3-5-13(6-4-12)15-8-10-16-9-7-14(11-16)17-2/h3-6,14-15H,7-11H2,1-2H3. The van der Waals surface area contributed by atoms with E-state index < -0.39 is 0 Å². The average Bonchev–Trinajstić information content (AvgIpc) is 2.80. The number of aryl methyl sites for hydroxylation is 1. The lowest BCUT2D eigenvalue weighted by Crippen LogP contribution is -2.28. The Kier molecular flexibility index (Phi) is 4.40. The van der Waals surface area contributed by atoms with Gasteiger partial charge < -0.3 is 10.1 Å². The predicted molar refractivity (Wildman–Crippen MR) is 71.5 cm³/mol. The summed E-state index contributed by atoms with van der Waals surface area (Å²) in [6.45, 7) is 6.44. The van der Waals surface area contributed by atoms with Gasteiger partial charge in [-0.2, -0.15) is 0 Å². The summed E-state index contributed by atoms with van der Waals surface area (Å²) in [5, 5.41) is 3.45. The minimum Gasteiger partial charge on any atom is -0.384 e. The van der Waals surface area contributed by atoms with Crippen LogP contribution in [0.3, 0.4) is 0 Å². The van der Waals surface area contributed by atoms with Crippen LogP contribution in [0, 0.1) is 6.92 Å². The molecule has 1 fully saturated rings. The van der Waals surface area contributed by atoms with E-state index in [-0.39, 0.29) is 0 Å². The molecule has 0 aliphatic carbocycles. The Labute approximate surface area is 104 Å². The molecule has 1 saturated heterocycles. The summed E-state index contributed by atoms with van der Waals surface area (Å²) < 4.78 is 5.36. The van der Waals surface area contributed by atoms with Gasteiger partial charge in [-0.25, -0.2) is 0 Å². The van der Waals surface area contributed by atoms with Crippen molar-refractivity contribution in [1.82, 2.24) is 4.90 Å². The van der Waals surface area contributed by atoms with Gasteiger partial charge in [0, 0.05) is 39.0 Å². The molecule has 3 heteroatoms. The van der Waals surface area contributed by atoms with Gasteiger partial charge in [-0.3, -0.25) is 4.90 Å². The molecular weight excluding hydrogens is 212 g/mol. The van der Waals surface area contributed by atoms with Gasteiger partial charge >= 0.3 is 0 Å². The Morgan fingerprint density at radius 3 is 2.76 bits per heavy atom. The quantitative estimate of drug-likeness (QED) is 0.844. The second kappa shape index (κ2) is 6.03. The first-order valence-electron chi connectivity index (χ1n) is 6.33. The number of nitrogens with zero attached hydrogens (tertiary/aromatic N) is 1. The molecule has 0 aromatic heterocycles. The van der Waals surface area contributed by atoms with Crippen LogP contribution in [0.1, 0.15) is 12.0 Å². The monoisotopic (exact) mass is 234 g/mol. The molecule has 1 atom stereocenters. The van der Waals surface area contributed by atoms with Crippen LogP contribution in [0.25, 0.3) is 0 Å². The number of likely N-dealkylation sites (tertiary alicyclic amines) is 1. The average molecular weight is 234 g/mol. The van der Waals surface area contributed by atoms with E-state index in [0.717, 1.165) is 26.2 Å². The lowest BCUT2D eigenvalue weighted by Gasteiger charge is -2.16. The number of anilines is 1. The minimum atomic E-state index is 0.439. The molecule has 0 spiro atoms. The van der Waals surface area contributed by atoms with Crippen molar-refractivity contribution >= 4 is 5.69 Å². The van der Waals surface area contributed by atoms with Crippen LogP contribution in [0.2, 0.25) is 0 Å². The molecule has 1 aliphatic heterocycles. The summed E-state index contributed by atoms with van der Waals surface area (Å²) >= 11 is 0. The van der Waals surface area contributed by atoms with Crippen LogP contribution in [0.4, 0.5) is 5.69 Å². The summed E-state index contributed by atoms with van der Waals surface area (Å²) in [5.74, 6) is 0. The zero-order valence-corrected chi connectivity index (χ0v) is 10.8. The molecule has 0 saturated carbocycles. The number of rotatable bonds is 5. The molecule has 2 rings (SSSR count). The molecule has 94 valence electrons. The number of hydrogen-bond donors (Lipinski definition) is 1. The highest BCUT2D eigenvalue weighted by Crippen LogP contribution is 2.12. The Balaban J connectivity index is 1.68. The molecule has 1 N–H and O–H groups in total. The van der Waals surface area contributed by atoms with Gasteiger partial charge in [-0.05, 0) is 25.5 Å². The molecule has 1 unspecified atom stereocenters. The fraction of sp³-hybridized carbons (Fsp3) is 0.571. The van der Waals surface area contributed by atoms with Gasteiger partial charge in [0.15, 0.2) is 0 Å². The van der Waals surface area contributed by atoms with Crippen molar-refractivity contribution in [2.75, 3.05) is 38.6 Å². The third-order valence-electron chi connectivity index (χ3n) is 3.37. The predicted octanol–water partition coefficient (Wildman–Crippen LogP) is 2.13. The van der Waals surface area contributed by atoms with Crippen molar-refractivity contribution in [3.8, 4) is 0 Å². The molecule has 1 heterocycles. The Hall–Kier alpha value is -1.06. The Bertz CT molecular complexity index is 337. The summed E-state index contributed by atoms with van der Waals surface area (Å²) in [5.41, 5.74) is 2.51. The van der Waals surface area contributed by atoms with Crippen molar-refractivity contribution in [2.45, 2.75) is 19.4 Å². The van der Waals surface area contributed by atoms with Crippen LogP contribution in [-0.4, -0.2) is 44.3 Å². The second-order valence-corrected chi connectivity index (χ2v) is 4.74. The largest absolute Gasteiger partial charge is 0.384 e. The maximum Gasteiger partial charge on any atom is 0.0710 e. The molecule has 1 aliphatic rings. The first-order valence-corrected chi connectivity index (χ1v) is 6.33. The minimum absolute atomic E-state index is 0.439. The highest BCUT2D eigenvalue weighted by molar-refractivity contribution is 5.44. The van der Waals surface area contributed by atoms with Crippen LogP contribution in [0.5, 0.6) is 0 Å². The molecule has 3 nitrogen and oxygen atoms in total. The molecule has 17 heavy (non-hydrogen) atoms. The van der Waals surface area contributed by atoms with E-state index in [0.29, 0.717) is 6.10 Å². The van der Waals surface area contributed by atoms with Gasteiger partial charge in [0.05, 0.1) is 6.10 Å². The van der Waals surface area contributed by atoms with E-state index in [2.05, 4.69) is 41.4 Å². The van der Waals surface area contributed by atoms with Crippen molar-refractivity contribution in [3.63, 3.8) is 0 Å². The highest BCUT2D eigenvalue weighted by atomic mass is 16.5. The maximum atomic E-state index is 5.36. The van der Waals surface area contributed by atoms with Gasteiger partial charge in [0.25, 0.3) is 0 Å². The topological polar surface area (TPSA) is 24.5 Å². The maximum absolute atomic E-state index is 5.36. The summed E-state index contributed by atoms with van der Waals surface area (Å²) in [6, 6.07) is 8.55. The van der Waals surface area contributed by atoms with Gasteiger partial charge in [-0.15, -0.1) is 0 Å². The molecule has 1 aromatic carbocycles. The second-order valence-electron chi connectivity index (χ2n) is 4.74. The van der Waals surface area contributed by atoms with Crippen molar-refractivity contribution in [1.29, 1.82) is 0 Å². The highest BCUT2D eigenvalue weighted by Gasteiger charge is 2.20. The smallest absolute Gasteiger partial charge is 0.0710 e. The summed E-state index contributed by atoms with van der Waals surface area (Å²) in [4.78, 5) is 2.45. The number of methoxy groups -OCH3 is 1. The summed E-state index contributed by atoms with van der Waals surface area (Å²) in [6.07, 6.45) is 1.61. The summed E-state index contributed by atoms with van der Waals surface area (Å²) in [7, 11) is 1.80. The molecule has 1 aromatic rings. The number of ether oxygens (including phenoxy) is 1. The van der Waals surface area contributed by atoms with E-state index >= 15 is 0 Å². The van der Waals surface area contributed by atoms with E-state index in [4.69, 9.17) is 4.74 Å². The van der Waals surface area contributed by atoms with Crippen molar-refractivity contribution in [2.24, 2.45) is 0 Å². The van der Waals surface area contributed by atoms with E-state index in [1.54, 1.807) is 7.11 Å². The Morgan fingerprint density at radius 2 is 2.12 bits per heavy atom. The lowest BCUT2D eigenvalue weighted by atomic mass is 10.2. The van der Waals surface area contributed by atoms with Crippen LogP contribution in [-0.2, 0) is 4.74 Å². The first-order chi connectivity index (χ1) is 8.28. The normalized spacial score (nSPS) is 20.7. The SMILES string of the molecule is COC1CCN(CCNc2ccc(C)cc2)C1. The zero-order chi connectivity index (χ0) is 12.1. The van der Waals surface area contributed by atoms with Crippen molar-refractivity contribution < 1.29 is 4.74 Å². The fourth-order valence-electron chi connectivity index (χ4n) is 2.22. The van der Waals surface area contributed by atoms with Crippen LogP contribution >= 0.6 is 0 Å². The molecule has 0 radical (unpaired) electrons. The van der Waals surface area contributed by atoms with Gasteiger partial charge in [0.1, 0.15) is 0 Å². The lowest BCUT2D eigenvalue weighted by molar-refractivity contribution is 0.108. The van der Waals surface area contributed by atoms with Gasteiger partial charge in [0.2, 0.25) is 0 Å². The number of hydrogen-bond acceptors (Lipinski definition) is 3.